The van der Waals surface area contributed by atoms with Crippen molar-refractivity contribution in [1.29, 1.82) is 0 Å². The molecule has 2 N–H and O–H groups in total. The number of benzene rings is 2. The van der Waals surface area contributed by atoms with Crippen LogP contribution in [-0.4, -0.2) is 26.0 Å². The number of hydrogen-bond acceptors (Lipinski definition) is 4. The smallest absolute Gasteiger partial charge is 0.259 e. The number of rotatable bonds is 5. The molecule has 2 rings (SSSR count). The van der Waals surface area contributed by atoms with Crippen LogP contribution in [0.5, 0.6) is 11.5 Å². The average Bonchev–Trinajstić information content (AvgIpc) is 2.56. The van der Waals surface area contributed by atoms with Gasteiger partial charge in [-0.05, 0) is 24.3 Å². The lowest BCUT2D eigenvalue weighted by atomic mass is 10.1. The molecule has 132 valence electrons. The van der Waals surface area contributed by atoms with Crippen molar-refractivity contribution >= 4 is 46.4 Å². The van der Waals surface area contributed by atoms with E-state index in [0.717, 1.165) is 0 Å². The normalized spacial score (nSPS) is 10.1. The standard InChI is InChI=1S/C17H16Cl2N2O4/c1-9(22)20-13-8-16(25-3)11(7-12(13)19)17(23)21-14-6-10(18)4-5-15(14)24-2/h4-8H,1-3H3,(H,20,22)(H,21,23). The van der Waals surface area contributed by atoms with Crippen molar-refractivity contribution < 1.29 is 19.1 Å². The first-order valence-corrected chi connectivity index (χ1v) is 7.91. The molecule has 6 nitrogen and oxygen atoms in total. The van der Waals surface area contributed by atoms with Gasteiger partial charge in [0.15, 0.2) is 0 Å². The molecule has 2 amide bonds. The quantitative estimate of drug-likeness (QED) is 0.811. The Morgan fingerprint density at radius 2 is 1.60 bits per heavy atom. The van der Waals surface area contributed by atoms with E-state index in [9.17, 15) is 9.59 Å². The summed E-state index contributed by atoms with van der Waals surface area (Å²) in [5.41, 5.74) is 0.954. The fourth-order valence-electron chi connectivity index (χ4n) is 2.15. The Balaban J connectivity index is 2.37. The maximum Gasteiger partial charge on any atom is 0.259 e. The van der Waals surface area contributed by atoms with Crippen molar-refractivity contribution in [1.82, 2.24) is 0 Å². The minimum atomic E-state index is -0.464. The Kier molecular flexibility index (Phi) is 6.12. The second-order valence-electron chi connectivity index (χ2n) is 5.01. The van der Waals surface area contributed by atoms with Crippen LogP contribution in [0.3, 0.4) is 0 Å². The van der Waals surface area contributed by atoms with Crippen LogP contribution in [0.4, 0.5) is 11.4 Å². The molecule has 0 radical (unpaired) electrons. The summed E-state index contributed by atoms with van der Waals surface area (Å²) in [6, 6.07) is 7.75. The molecule has 0 spiro atoms. The molecule has 0 aliphatic carbocycles. The van der Waals surface area contributed by atoms with E-state index in [-0.39, 0.29) is 22.2 Å². The van der Waals surface area contributed by atoms with Crippen molar-refractivity contribution in [3.8, 4) is 11.5 Å². The zero-order chi connectivity index (χ0) is 18.6. The van der Waals surface area contributed by atoms with Gasteiger partial charge < -0.3 is 20.1 Å². The molecule has 0 bridgehead atoms. The highest BCUT2D eigenvalue weighted by Gasteiger charge is 2.18. The largest absolute Gasteiger partial charge is 0.496 e. The Morgan fingerprint density at radius 3 is 2.20 bits per heavy atom. The zero-order valence-corrected chi connectivity index (χ0v) is 15.3. The highest BCUT2D eigenvalue weighted by atomic mass is 35.5. The van der Waals surface area contributed by atoms with E-state index in [1.165, 1.54) is 33.3 Å². The van der Waals surface area contributed by atoms with E-state index in [4.69, 9.17) is 32.7 Å². The predicted molar refractivity (Wildman–Crippen MR) is 98.3 cm³/mol. The second kappa shape index (κ2) is 8.09. The lowest BCUT2D eigenvalue weighted by Gasteiger charge is -2.14. The van der Waals surface area contributed by atoms with Gasteiger partial charge in [-0.25, -0.2) is 0 Å². The topological polar surface area (TPSA) is 76.7 Å². The van der Waals surface area contributed by atoms with Crippen LogP contribution in [0.1, 0.15) is 17.3 Å². The summed E-state index contributed by atoms with van der Waals surface area (Å²) in [7, 11) is 2.90. The van der Waals surface area contributed by atoms with Gasteiger partial charge in [-0.2, -0.15) is 0 Å². The molecule has 2 aromatic rings. The maximum atomic E-state index is 12.6. The van der Waals surface area contributed by atoms with Crippen LogP contribution in [0.25, 0.3) is 0 Å². The molecule has 0 aliphatic heterocycles. The third-order valence-corrected chi connectivity index (χ3v) is 3.80. The predicted octanol–water partition coefficient (Wildman–Crippen LogP) is 4.22. The van der Waals surface area contributed by atoms with Crippen molar-refractivity contribution in [3.63, 3.8) is 0 Å². The summed E-state index contributed by atoms with van der Waals surface area (Å²) in [5.74, 6) is -0.0390. The van der Waals surface area contributed by atoms with Crippen LogP contribution in [0.2, 0.25) is 10.0 Å². The van der Waals surface area contributed by atoms with E-state index in [2.05, 4.69) is 10.6 Å². The Hall–Kier alpha value is -2.44. The van der Waals surface area contributed by atoms with Crippen LogP contribution in [0, 0.1) is 0 Å². The first-order chi connectivity index (χ1) is 11.8. The molecule has 25 heavy (non-hydrogen) atoms. The van der Waals surface area contributed by atoms with Gasteiger partial charge >= 0.3 is 0 Å². The SMILES string of the molecule is COc1ccc(Cl)cc1NC(=O)c1cc(Cl)c(NC(C)=O)cc1OC. The molecule has 0 saturated carbocycles. The van der Waals surface area contributed by atoms with E-state index in [1.54, 1.807) is 18.2 Å². The number of nitrogens with one attached hydrogen (secondary N) is 2. The number of methoxy groups -OCH3 is 2. The molecular weight excluding hydrogens is 367 g/mol. The van der Waals surface area contributed by atoms with Crippen LogP contribution < -0.4 is 20.1 Å². The highest BCUT2D eigenvalue weighted by molar-refractivity contribution is 6.34. The van der Waals surface area contributed by atoms with Crippen LogP contribution >= 0.6 is 23.2 Å². The number of amides is 2. The van der Waals surface area contributed by atoms with E-state index in [0.29, 0.717) is 22.1 Å². The fourth-order valence-corrected chi connectivity index (χ4v) is 2.54. The second-order valence-corrected chi connectivity index (χ2v) is 5.86. The van der Waals surface area contributed by atoms with Gasteiger partial charge in [-0.15, -0.1) is 0 Å². The van der Waals surface area contributed by atoms with E-state index in [1.807, 2.05) is 0 Å². The molecule has 0 unspecified atom stereocenters. The maximum absolute atomic E-state index is 12.6. The molecule has 0 heterocycles. The Morgan fingerprint density at radius 1 is 0.920 bits per heavy atom. The summed E-state index contributed by atoms with van der Waals surface area (Å²) >= 11 is 12.1. The van der Waals surface area contributed by atoms with Crippen molar-refractivity contribution in [3.05, 3.63) is 45.9 Å². The van der Waals surface area contributed by atoms with E-state index >= 15 is 0 Å². The molecular formula is C17H16Cl2N2O4. The minimum Gasteiger partial charge on any atom is -0.496 e. The number of anilines is 2. The minimum absolute atomic E-state index is 0.198. The van der Waals surface area contributed by atoms with Crippen LogP contribution in [0.15, 0.2) is 30.3 Å². The zero-order valence-electron chi connectivity index (χ0n) is 13.8. The Labute approximate surface area is 155 Å². The first-order valence-electron chi connectivity index (χ1n) is 7.15. The number of carbonyl (C=O) groups is 2. The fraction of sp³-hybridized carbons (Fsp3) is 0.176. The summed E-state index contributed by atoms with van der Waals surface area (Å²) in [4.78, 5) is 23.8. The van der Waals surface area contributed by atoms with Gasteiger partial charge in [-0.3, -0.25) is 9.59 Å². The molecule has 8 heteroatoms. The van der Waals surface area contributed by atoms with Crippen molar-refractivity contribution in [2.24, 2.45) is 0 Å². The summed E-state index contributed by atoms with van der Waals surface area (Å²) < 4.78 is 10.4. The molecule has 0 atom stereocenters. The Bertz CT molecular complexity index is 825. The van der Waals surface area contributed by atoms with Gasteiger partial charge in [0.2, 0.25) is 5.91 Å². The number of halogens is 2. The lowest BCUT2D eigenvalue weighted by molar-refractivity contribution is -0.114. The molecule has 0 aliphatic rings. The number of carbonyl (C=O) groups excluding carboxylic acids is 2. The monoisotopic (exact) mass is 382 g/mol. The summed E-state index contributed by atoms with van der Waals surface area (Å²) in [6.45, 7) is 1.36. The molecule has 2 aromatic carbocycles. The highest BCUT2D eigenvalue weighted by Crippen LogP contribution is 2.33. The molecule has 0 saturated heterocycles. The van der Waals surface area contributed by atoms with Gasteiger partial charge in [0.25, 0.3) is 5.91 Å². The lowest BCUT2D eigenvalue weighted by Crippen LogP contribution is -2.15. The van der Waals surface area contributed by atoms with Gasteiger partial charge in [0.05, 0.1) is 36.2 Å². The molecule has 0 fully saturated rings. The third-order valence-electron chi connectivity index (χ3n) is 3.25. The first kappa shape index (κ1) is 18.9. The van der Waals surface area contributed by atoms with Gasteiger partial charge in [-0.1, -0.05) is 23.2 Å². The van der Waals surface area contributed by atoms with E-state index < -0.39 is 5.91 Å². The van der Waals surface area contributed by atoms with Gasteiger partial charge in [0.1, 0.15) is 11.5 Å². The van der Waals surface area contributed by atoms with Crippen molar-refractivity contribution in [2.45, 2.75) is 6.92 Å². The van der Waals surface area contributed by atoms with Crippen LogP contribution in [-0.2, 0) is 4.79 Å². The third kappa shape index (κ3) is 4.55. The number of ether oxygens (including phenoxy) is 2. The summed E-state index contributed by atoms with van der Waals surface area (Å²) in [5, 5.41) is 5.93. The average molecular weight is 383 g/mol. The summed E-state index contributed by atoms with van der Waals surface area (Å²) in [6.07, 6.45) is 0. The number of hydrogen-bond donors (Lipinski definition) is 2. The van der Waals surface area contributed by atoms with Gasteiger partial charge in [0, 0.05) is 18.0 Å². The molecule has 0 aromatic heterocycles. The van der Waals surface area contributed by atoms with Crippen molar-refractivity contribution in [2.75, 3.05) is 24.9 Å².